The average Bonchev–Trinajstić information content (AvgIpc) is 4.01. The van der Waals surface area contributed by atoms with Crippen LogP contribution in [0.5, 0.6) is 0 Å². The van der Waals surface area contributed by atoms with Gasteiger partial charge in [0.1, 0.15) is 24.1 Å². The Kier molecular flexibility index (Phi) is 11.2. The van der Waals surface area contributed by atoms with Crippen LogP contribution in [-0.4, -0.2) is 27.6 Å². The molecule has 0 spiro atoms. The van der Waals surface area contributed by atoms with E-state index in [1.54, 1.807) is 12.1 Å². The number of halogens is 1. The van der Waals surface area contributed by atoms with Gasteiger partial charge < -0.3 is 14.0 Å². The molecule has 0 saturated heterocycles. The van der Waals surface area contributed by atoms with Gasteiger partial charge in [-0.3, -0.25) is 4.98 Å². The number of fused-ring (bicyclic) bond motifs is 7. The number of rotatable bonds is 7. The molecule has 5 nitrogen and oxygen atoms in total. The summed E-state index contributed by atoms with van der Waals surface area (Å²) in [6, 6.07) is 48.3. The molecule has 1 radical (unpaired) electrons. The molecular formula is C57H49FIrN4OSSi-2. The number of aromatic nitrogens is 4. The van der Waals surface area contributed by atoms with E-state index in [0.717, 1.165) is 99.9 Å². The van der Waals surface area contributed by atoms with Crippen molar-refractivity contribution in [3.63, 3.8) is 0 Å². The van der Waals surface area contributed by atoms with Crippen molar-refractivity contribution in [2.45, 2.75) is 61.0 Å². The summed E-state index contributed by atoms with van der Waals surface area (Å²) in [5.41, 5.74) is 12.1. The molecule has 0 aliphatic heterocycles. The van der Waals surface area contributed by atoms with E-state index in [4.69, 9.17) is 18.5 Å². The number of nitrogens with zero attached hydrogens (tertiary/aromatic N) is 4. The Morgan fingerprint density at radius 1 is 0.818 bits per heavy atom. The van der Waals surface area contributed by atoms with Gasteiger partial charge in [-0.2, -0.15) is 15.7 Å². The zero-order valence-corrected chi connectivity index (χ0v) is 42.0. The molecule has 0 atom stereocenters. The second kappa shape index (κ2) is 17.9. The van der Waals surface area contributed by atoms with Crippen LogP contribution in [0.1, 0.15) is 45.8 Å². The number of furan rings is 1. The zero-order valence-electron chi connectivity index (χ0n) is 40.8. The van der Waals surface area contributed by atoms with E-state index in [1.807, 2.05) is 60.8 Å². The van der Waals surface area contributed by atoms with Crippen LogP contribution in [0.15, 0.2) is 138 Å². The number of benzene rings is 6. The van der Waals surface area contributed by atoms with Gasteiger partial charge in [0.15, 0.2) is 0 Å². The zero-order chi connectivity index (χ0) is 47.6. The van der Waals surface area contributed by atoms with Crippen molar-refractivity contribution in [2.75, 3.05) is 0 Å². The van der Waals surface area contributed by atoms with Crippen LogP contribution in [0.2, 0.25) is 13.1 Å². The van der Waals surface area contributed by atoms with Crippen molar-refractivity contribution >= 4 is 83.1 Å². The van der Waals surface area contributed by atoms with Crippen molar-refractivity contribution in [1.82, 2.24) is 19.5 Å². The molecule has 9 heteroatoms. The Bertz CT molecular complexity index is 3710. The first-order valence-corrected chi connectivity index (χ1v) is 25.8. The van der Waals surface area contributed by atoms with E-state index in [1.165, 1.54) is 33.3 Å². The first-order chi connectivity index (χ1) is 32.6. The van der Waals surface area contributed by atoms with E-state index in [9.17, 15) is 4.39 Å². The molecular weight excluding hydrogens is 1030 g/mol. The summed E-state index contributed by atoms with van der Waals surface area (Å²) in [5, 5.41) is 6.99. The van der Waals surface area contributed by atoms with Gasteiger partial charge in [0, 0.05) is 57.8 Å². The fourth-order valence-corrected chi connectivity index (χ4v) is 13.3. The molecule has 0 amide bonds. The Morgan fingerprint density at radius 2 is 1.59 bits per heavy atom. The average molecular weight is 1080 g/mol. The Morgan fingerprint density at radius 3 is 2.36 bits per heavy atom. The van der Waals surface area contributed by atoms with Crippen LogP contribution < -0.4 is 10.4 Å². The van der Waals surface area contributed by atoms with Crippen LogP contribution in [0.4, 0.5) is 4.39 Å². The summed E-state index contributed by atoms with van der Waals surface area (Å²) in [4.78, 5) is 14.8. The molecule has 0 saturated carbocycles. The quantitative estimate of drug-likeness (QED) is 0.0907. The normalized spacial score (nSPS) is 12.7. The van der Waals surface area contributed by atoms with E-state index in [-0.39, 0.29) is 20.1 Å². The maximum absolute atomic E-state index is 14.1. The number of para-hydroxylation sites is 3. The molecule has 0 bridgehead atoms. The van der Waals surface area contributed by atoms with Gasteiger partial charge in [0.25, 0.3) is 0 Å². The summed E-state index contributed by atoms with van der Waals surface area (Å²) in [6.07, 6.45) is 3.03. The number of imidazole rings is 1. The fourth-order valence-electron chi connectivity index (χ4n) is 9.36. The molecule has 331 valence electrons. The summed E-state index contributed by atoms with van der Waals surface area (Å²) < 4.78 is 46.3. The van der Waals surface area contributed by atoms with Gasteiger partial charge in [-0.05, 0) is 83.7 Å². The minimum Gasteiger partial charge on any atom is -0.456 e. The Hall–Kier alpha value is -6.09. The third kappa shape index (κ3) is 8.02. The molecule has 0 N–H and O–H groups in total. The molecule has 11 rings (SSSR count). The van der Waals surface area contributed by atoms with E-state index < -0.39 is 20.9 Å². The third-order valence-electron chi connectivity index (χ3n) is 12.5. The molecule has 0 aliphatic rings. The predicted octanol–water partition coefficient (Wildman–Crippen LogP) is 14.1. The molecule has 6 aromatic carbocycles. The van der Waals surface area contributed by atoms with Gasteiger partial charge in [-0.15, -0.1) is 53.1 Å². The summed E-state index contributed by atoms with van der Waals surface area (Å²) in [6.45, 7) is 13.4. The van der Waals surface area contributed by atoms with Crippen LogP contribution in [-0.2, 0) is 26.5 Å². The molecule has 5 aromatic heterocycles. The molecule has 5 heterocycles. The van der Waals surface area contributed by atoms with Crippen molar-refractivity contribution < 1.29 is 33.0 Å². The van der Waals surface area contributed by atoms with Gasteiger partial charge in [-0.25, -0.2) is 4.98 Å². The minimum atomic E-state index is -2.11. The van der Waals surface area contributed by atoms with Gasteiger partial charge in [0.2, 0.25) is 5.95 Å². The number of hydrogen-bond donors (Lipinski definition) is 0. The first-order valence-electron chi connectivity index (χ1n) is 23.5. The minimum absolute atomic E-state index is 0. The molecule has 0 aliphatic carbocycles. The van der Waals surface area contributed by atoms with Crippen LogP contribution in [0, 0.1) is 51.6 Å². The third-order valence-corrected chi connectivity index (χ3v) is 17.2. The second-order valence-electron chi connectivity index (χ2n) is 17.8. The summed E-state index contributed by atoms with van der Waals surface area (Å²) >= 11 is 1.48. The van der Waals surface area contributed by atoms with Crippen molar-refractivity contribution in [3.05, 3.63) is 179 Å². The standard InChI is InChI=1S/C33H21FN3OS.C24H28NSi.Ir/c1-17-12-13-22(31-28(17)21-14-15-27(34)36-33(21)39-31)32-35-24-9-5-6-10-25(24)37(32)29-18(2)16-23-20-8-4-7-11-26(20)38-30(23)19(29)3;1-18(2)15-21-16-23(20-13-11-19(3)12-14-20)25-17-24(21)26(4,5)22-9-7-6-8-10-22;/h4-12,14-16H,1-3H3;6-13,16-18H,15H2,1-5H3;/q2*-1;/i;3D3;. The second-order valence-corrected chi connectivity index (χ2v) is 23.2. The number of hydrogen-bond acceptors (Lipinski definition) is 5. The molecule has 66 heavy (non-hydrogen) atoms. The maximum atomic E-state index is 14.1. The monoisotopic (exact) mass is 1080 g/mol. The van der Waals surface area contributed by atoms with Crippen LogP contribution in [0.25, 0.3) is 81.6 Å². The number of pyridine rings is 2. The van der Waals surface area contributed by atoms with Gasteiger partial charge in [-0.1, -0.05) is 129 Å². The summed E-state index contributed by atoms with van der Waals surface area (Å²) in [7, 11) is -1.87. The maximum Gasteiger partial charge on any atom is 0.214 e. The van der Waals surface area contributed by atoms with Gasteiger partial charge >= 0.3 is 0 Å². The van der Waals surface area contributed by atoms with Crippen molar-refractivity contribution in [1.29, 1.82) is 0 Å². The molecule has 0 fully saturated rings. The van der Waals surface area contributed by atoms with E-state index >= 15 is 0 Å². The van der Waals surface area contributed by atoms with E-state index in [0.29, 0.717) is 16.3 Å². The number of thiophene rings is 1. The number of aryl methyl sites for hydroxylation is 4. The summed E-state index contributed by atoms with van der Waals surface area (Å²) in [5.74, 6) is 0.844. The van der Waals surface area contributed by atoms with Crippen molar-refractivity contribution in [2.24, 2.45) is 5.92 Å². The molecule has 11 aromatic rings. The fraction of sp³-hybridized carbons (Fsp3) is 0.175. The Labute approximate surface area is 408 Å². The van der Waals surface area contributed by atoms with E-state index in [2.05, 4.69) is 124 Å². The first kappa shape index (κ1) is 41.3. The molecule has 0 unspecified atom stereocenters. The predicted molar refractivity (Wildman–Crippen MR) is 272 cm³/mol. The topological polar surface area (TPSA) is 56.7 Å². The Balaban J connectivity index is 0.000000178. The smallest absolute Gasteiger partial charge is 0.214 e. The van der Waals surface area contributed by atoms with Gasteiger partial charge in [0.05, 0.1) is 16.9 Å². The SMILES string of the molecule is Cc1cc2c(oc3ccccc32)c(C)c1-n1c(-c2[c-]cc(C)c3c2sc2nc(F)ccc23)nc2ccccc21.[2H]C([2H])([2H])c1c[c-]c(-c2cc(CC(C)C)c([Si](C)(C)c3ccccc3)cn2)cc1.[Ir]. The van der Waals surface area contributed by atoms with Crippen LogP contribution in [0.3, 0.4) is 0 Å². The van der Waals surface area contributed by atoms with Crippen molar-refractivity contribution in [3.8, 4) is 28.3 Å². The largest absolute Gasteiger partial charge is 0.456 e. The van der Waals surface area contributed by atoms with Crippen LogP contribution >= 0.6 is 11.3 Å².